The van der Waals surface area contributed by atoms with Crippen LogP contribution in [-0.4, -0.2) is 16.9 Å². The zero-order valence-corrected chi connectivity index (χ0v) is 7.45. The van der Waals surface area contributed by atoms with Crippen molar-refractivity contribution in [1.29, 1.82) is 0 Å². The van der Waals surface area contributed by atoms with Gasteiger partial charge in [0.15, 0.2) is 0 Å². The van der Waals surface area contributed by atoms with E-state index in [1.165, 1.54) is 0 Å². The van der Waals surface area contributed by atoms with E-state index in [1.807, 2.05) is 12.4 Å². The van der Waals surface area contributed by atoms with E-state index in [-0.39, 0.29) is 12.3 Å². The number of phenolic OH excluding ortho intramolecular Hbond substituents is 1. The molecule has 0 aliphatic heterocycles. The second-order valence-electron chi connectivity index (χ2n) is 2.52. The Morgan fingerprint density at radius 2 is 2.23 bits per heavy atom. The molecule has 1 rings (SSSR count). The summed E-state index contributed by atoms with van der Waals surface area (Å²) in [6.45, 7) is 2.56. The fraction of sp³-hybridized carbons (Fsp3) is 0.333. The van der Waals surface area contributed by atoms with Crippen molar-refractivity contribution in [3.05, 3.63) is 23.8 Å². The standard InChI is InChI=1S/C9H13NO3/c1-2-13-9-5-3-4-8(11)7(9)6-10-12/h3-5,10-12H,2,6H2,1H3. The minimum atomic E-state index is 0.118. The molecule has 4 heteroatoms. The molecule has 1 aromatic carbocycles. The van der Waals surface area contributed by atoms with Gasteiger partial charge in [0.1, 0.15) is 11.5 Å². The van der Waals surface area contributed by atoms with Crippen molar-refractivity contribution in [2.24, 2.45) is 0 Å². The van der Waals surface area contributed by atoms with E-state index < -0.39 is 0 Å². The summed E-state index contributed by atoms with van der Waals surface area (Å²) >= 11 is 0. The van der Waals surface area contributed by atoms with Crippen LogP contribution >= 0.6 is 0 Å². The van der Waals surface area contributed by atoms with Crippen molar-refractivity contribution in [3.63, 3.8) is 0 Å². The van der Waals surface area contributed by atoms with Crippen LogP contribution in [-0.2, 0) is 6.54 Å². The van der Waals surface area contributed by atoms with Gasteiger partial charge in [0, 0.05) is 0 Å². The number of nitrogens with one attached hydrogen (secondary N) is 1. The maximum atomic E-state index is 9.42. The quantitative estimate of drug-likeness (QED) is 0.615. The number of hydroxylamine groups is 1. The van der Waals surface area contributed by atoms with Crippen LogP contribution in [0, 0.1) is 0 Å². The summed E-state index contributed by atoms with van der Waals surface area (Å²) in [6.07, 6.45) is 0. The molecule has 0 unspecified atom stereocenters. The van der Waals surface area contributed by atoms with Crippen LogP contribution in [0.1, 0.15) is 12.5 Å². The Kier molecular flexibility index (Phi) is 3.54. The summed E-state index contributed by atoms with van der Waals surface area (Å²) in [5.41, 5.74) is 2.55. The van der Waals surface area contributed by atoms with Crippen LogP contribution < -0.4 is 10.2 Å². The predicted octanol–water partition coefficient (Wildman–Crippen LogP) is 1.27. The number of phenols is 1. The Hall–Kier alpha value is -1.26. The van der Waals surface area contributed by atoms with Gasteiger partial charge < -0.3 is 15.1 Å². The fourth-order valence-corrected chi connectivity index (χ4v) is 1.10. The molecule has 0 aliphatic carbocycles. The highest BCUT2D eigenvalue weighted by atomic mass is 16.5. The van der Waals surface area contributed by atoms with Crippen molar-refractivity contribution in [2.45, 2.75) is 13.5 Å². The molecule has 0 fully saturated rings. The topological polar surface area (TPSA) is 61.7 Å². The largest absolute Gasteiger partial charge is 0.507 e. The van der Waals surface area contributed by atoms with E-state index in [2.05, 4.69) is 0 Å². The molecule has 0 atom stereocenters. The molecule has 0 aliphatic rings. The normalized spacial score (nSPS) is 10.0. The van der Waals surface area contributed by atoms with Gasteiger partial charge in [0.05, 0.1) is 18.7 Å². The Bertz CT molecular complexity index is 276. The van der Waals surface area contributed by atoms with Crippen LogP contribution in [0.3, 0.4) is 0 Å². The lowest BCUT2D eigenvalue weighted by Gasteiger charge is -2.10. The van der Waals surface area contributed by atoms with Gasteiger partial charge in [0.2, 0.25) is 0 Å². The van der Waals surface area contributed by atoms with E-state index in [0.717, 1.165) is 0 Å². The third kappa shape index (κ3) is 2.34. The molecule has 0 saturated heterocycles. The maximum absolute atomic E-state index is 9.42. The van der Waals surface area contributed by atoms with Crippen LogP contribution in [0.15, 0.2) is 18.2 Å². The van der Waals surface area contributed by atoms with E-state index in [4.69, 9.17) is 9.94 Å². The van der Waals surface area contributed by atoms with E-state index in [9.17, 15) is 5.11 Å². The molecule has 13 heavy (non-hydrogen) atoms. The average molecular weight is 183 g/mol. The van der Waals surface area contributed by atoms with Crippen LogP contribution in [0.2, 0.25) is 0 Å². The molecular formula is C9H13NO3. The first-order valence-corrected chi connectivity index (χ1v) is 4.10. The lowest BCUT2D eigenvalue weighted by molar-refractivity contribution is 0.158. The van der Waals surface area contributed by atoms with Gasteiger partial charge in [-0.15, -0.1) is 0 Å². The van der Waals surface area contributed by atoms with Crippen LogP contribution in [0.5, 0.6) is 11.5 Å². The maximum Gasteiger partial charge on any atom is 0.127 e. The molecule has 72 valence electrons. The highest BCUT2D eigenvalue weighted by Crippen LogP contribution is 2.26. The first kappa shape index (κ1) is 9.83. The van der Waals surface area contributed by atoms with Crippen molar-refractivity contribution in [2.75, 3.05) is 6.61 Å². The summed E-state index contributed by atoms with van der Waals surface area (Å²) in [6, 6.07) is 4.99. The molecule has 0 heterocycles. The monoisotopic (exact) mass is 183 g/mol. The Balaban J connectivity index is 2.95. The average Bonchev–Trinajstić information content (AvgIpc) is 2.11. The summed E-state index contributed by atoms with van der Waals surface area (Å²) in [5, 5.41) is 17.9. The molecular weight excluding hydrogens is 170 g/mol. The first-order chi connectivity index (χ1) is 6.29. The molecule has 0 radical (unpaired) electrons. The van der Waals surface area contributed by atoms with Gasteiger partial charge in [-0.3, -0.25) is 0 Å². The van der Waals surface area contributed by atoms with Crippen molar-refractivity contribution >= 4 is 0 Å². The minimum absolute atomic E-state index is 0.118. The van der Waals surface area contributed by atoms with E-state index >= 15 is 0 Å². The van der Waals surface area contributed by atoms with E-state index in [1.54, 1.807) is 18.2 Å². The Morgan fingerprint density at radius 1 is 1.46 bits per heavy atom. The Labute approximate surface area is 76.7 Å². The highest BCUT2D eigenvalue weighted by Gasteiger charge is 2.07. The van der Waals surface area contributed by atoms with Crippen molar-refractivity contribution in [1.82, 2.24) is 5.48 Å². The number of rotatable bonds is 4. The molecule has 0 spiro atoms. The van der Waals surface area contributed by atoms with Gasteiger partial charge >= 0.3 is 0 Å². The van der Waals surface area contributed by atoms with Gasteiger partial charge in [-0.25, -0.2) is 5.48 Å². The molecule has 3 N–H and O–H groups in total. The van der Waals surface area contributed by atoms with E-state index in [0.29, 0.717) is 17.9 Å². The zero-order valence-electron chi connectivity index (χ0n) is 7.45. The summed E-state index contributed by atoms with van der Waals surface area (Å²) in [7, 11) is 0. The van der Waals surface area contributed by atoms with Gasteiger partial charge in [-0.05, 0) is 19.1 Å². The number of hydrogen-bond donors (Lipinski definition) is 3. The first-order valence-electron chi connectivity index (χ1n) is 4.10. The molecule has 0 aromatic heterocycles. The summed E-state index contributed by atoms with van der Waals surface area (Å²) in [4.78, 5) is 0. The van der Waals surface area contributed by atoms with Crippen LogP contribution in [0.4, 0.5) is 0 Å². The third-order valence-electron chi connectivity index (χ3n) is 1.66. The van der Waals surface area contributed by atoms with Crippen molar-refractivity contribution in [3.8, 4) is 11.5 Å². The SMILES string of the molecule is CCOc1cccc(O)c1CNO. The van der Waals surface area contributed by atoms with Gasteiger partial charge in [-0.2, -0.15) is 0 Å². The van der Waals surface area contributed by atoms with Gasteiger partial charge in [0.25, 0.3) is 0 Å². The zero-order chi connectivity index (χ0) is 9.68. The molecule has 0 amide bonds. The summed E-state index contributed by atoms with van der Waals surface area (Å²) in [5.74, 6) is 0.705. The van der Waals surface area contributed by atoms with Gasteiger partial charge in [-0.1, -0.05) is 6.07 Å². The predicted molar refractivity (Wildman–Crippen MR) is 47.9 cm³/mol. The molecule has 0 saturated carbocycles. The highest BCUT2D eigenvalue weighted by molar-refractivity contribution is 5.43. The second-order valence-corrected chi connectivity index (χ2v) is 2.52. The lowest BCUT2D eigenvalue weighted by Crippen LogP contribution is -2.08. The lowest BCUT2D eigenvalue weighted by atomic mass is 10.2. The number of hydrogen-bond acceptors (Lipinski definition) is 4. The third-order valence-corrected chi connectivity index (χ3v) is 1.66. The number of aromatic hydroxyl groups is 1. The van der Waals surface area contributed by atoms with Crippen LogP contribution in [0.25, 0.3) is 0 Å². The number of benzene rings is 1. The second kappa shape index (κ2) is 4.69. The fourth-order valence-electron chi connectivity index (χ4n) is 1.10. The molecule has 0 bridgehead atoms. The Morgan fingerprint density at radius 3 is 2.85 bits per heavy atom. The molecule has 1 aromatic rings. The number of ether oxygens (including phenoxy) is 1. The summed E-state index contributed by atoms with van der Waals surface area (Å²) < 4.78 is 5.26. The minimum Gasteiger partial charge on any atom is -0.507 e. The molecule has 4 nitrogen and oxygen atoms in total. The smallest absolute Gasteiger partial charge is 0.127 e. The van der Waals surface area contributed by atoms with Crippen molar-refractivity contribution < 1.29 is 15.1 Å².